The minimum atomic E-state index is -3.52. The number of aliphatic hydroxyl groups is 1. The molecule has 3 heterocycles. The van der Waals surface area contributed by atoms with Crippen molar-refractivity contribution in [2.75, 3.05) is 39.0 Å². The number of nitrogens with one attached hydrogen (secondary N) is 1. The van der Waals surface area contributed by atoms with Gasteiger partial charge in [0, 0.05) is 38.0 Å². The van der Waals surface area contributed by atoms with Gasteiger partial charge in [-0.1, -0.05) is 72.8 Å². The molecule has 3 fully saturated rings. The average molecular weight is 578 g/mol. The Hall–Kier alpha value is -3.53. The van der Waals surface area contributed by atoms with Crippen LogP contribution in [-0.4, -0.2) is 75.0 Å². The van der Waals surface area contributed by atoms with E-state index in [0.717, 1.165) is 43.2 Å². The lowest BCUT2D eigenvalue weighted by Crippen LogP contribution is -2.65. The van der Waals surface area contributed by atoms with E-state index in [4.69, 9.17) is 4.74 Å². The third-order valence-corrected chi connectivity index (χ3v) is 9.76. The van der Waals surface area contributed by atoms with Crippen LogP contribution < -0.4 is 5.32 Å². The molecule has 3 saturated heterocycles. The molecule has 0 radical (unpaired) electrons. The van der Waals surface area contributed by atoms with Crippen LogP contribution in [0.1, 0.15) is 40.7 Å². The van der Waals surface area contributed by atoms with Crippen LogP contribution >= 0.6 is 0 Å². The molecule has 0 saturated carbocycles. The lowest BCUT2D eigenvalue weighted by Gasteiger charge is -2.52. The van der Waals surface area contributed by atoms with E-state index in [0.29, 0.717) is 30.6 Å². The van der Waals surface area contributed by atoms with E-state index in [1.165, 1.54) is 12.1 Å². The Morgan fingerprint density at radius 3 is 2.07 bits per heavy atom. The molecule has 3 aromatic carbocycles. The zero-order chi connectivity index (χ0) is 29.1. The number of esters is 1. The first kappa shape index (κ1) is 29.0. The predicted molar refractivity (Wildman–Crippen MR) is 155 cm³/mol. The van der Waals surface area contributed by atoms with Crippen molar-refractivity contribution in [1.82, 2.24) is 5.32 Å². The number of quaternary nitrogens is 1. The fraction of sp³-hybridized carbons (Fsp3) is 0.375. The number of fused-ring (bicyclic) bond motifs is 3. The summed E-state index contributed by atoms with van der Waals surface area (Å²) in [5, 5.41) is 14.7. The van der Waals surface area contributed by atoms with E-state index in [1.54, 1.807) is 60.7 Å². The van der Waals surface area contributed by atoms with Crippen molar-refractivity contribution >= 4 is 21.7 Å². The Labute approximate surface area is 241 Å². The molecule has 3 aliphatic heterocycles. The highest BCUT2D eigenvalue weighted by Crippen LogP contribution is 2.38. The summed E-state index contributed by atoms with van der Waals surface area (Å²) in [5.41, 5.74) is -0.826. The van der Waals surface area contributed by atoms with Crippen LogP contribution in [0.15, 0.2) is 89.8 Å². The number of amides is 1. The van der Waals surface area contributed by atoms with Crippen molar-refractivity contribution in [3.8, 4) is 0 Å². The van der Waals surface area contributed by atoms with Crippen molar-refractivity contribution < 1.29 is 32.3 Å². The molecule has 6 rings (SSSR count). The van der Waals surface area contributed by atoms with E-state index >= 15 is 0 Å². The van der Waals surface area contributed by atoms with Gasteiger partial charge in [0.1, 0.15) is 6.54 Å². The fourth-order valence-electron chi connectivity index (χ4n) is 6.34. The summed E-state index contributed by atoms with van der Waals surface area (Å²) in [7, 11) is -3.52. The van der Waals surface area contributed by atoms with Gasteiger partial charge in [0.2, 0.25) is 5.60 Å². The van der Waals surface area contributed by atoms with Crippen molar-refractivity contribution in [2.45, 2.75) is 35.9 Å². The molecule has 1 amide bonds. The summed E-state index contributed by atoms with van der Waals surface area (Å²) in [5.74, 6) is -0.818. The molecule has 2 N–H and O–H groups in total. The molecule has 0 spiro atoms. The molecule has 0 aromatic heterocycles. The highest BCUT2D eigenvalue weighted by Gasteiger charge is 2.50. The normalized spacial score (nSPS) is 22.2. The average Bonchev–Trinajstić information content (AvgIpc) is 3.00. The Bertz CT molecular complexity index is 1450. The van der Waals surface area contributed by atoms with Crippen LogP contribution in [0.4, 0.5) is 0 Å². The minimum absolute atomic E-state index is 0.0214. The highest BCUT2D eigenvalue weighted by molar-refractivity contribution is 7.90. The first-order chi connectivity index (χ1) is 19.6. The van der Waals surface area contributed by atoms with Crippen molar-refractivity contribution in [3.63, 3.8) is 0 Å². The molecule has 1 unspecified atom stereocenters. The molecule has 1 atom stereocenters. The van der Waals surface area contributed by atoms with Crippen LogP contribution in [-0.2, 0) is 25.0 Å². The molecule has 8 nitrogen and oxygen atoms in total. The monoisotopic (exact) mass is 577 g/mol. The zero-order valence-corrected chi connectivity index (χ0v) is 24.1. The quantitative estimate of drug-likeness (QED) is 0.217. The maximum absolute atomic E-state index is 13.7. The lowest BCUT2D eigenvalue weighted by molar-refractivity contribution is -0.946. The van der Waals surface area contributed by atoms with Gasteiger partial charge in [-0.15, -0.1) is 0 Å². The molecule has 2 bridgehead atoms. The third-order valence-electron chi connectivity index (χ3n) is 8.60. The van der Waals surface area contributed by atoms with Crippen molar-refractivity contribution in [3.05, 3.63) is 102 Å². The molecule has 9 heteroatoms. The smallest absolute Gasteiger partial charge is 0.348 e. The highest BCUT2D eigenvalue weighted by atomic mass is 32.2. The fourth-order valence-corrected chi connectivity index (χ4v) is 7.23. The first-order valence-electron chi connectivity index (χ1n) is 14.1. The standard InChI is InChI=1S/C32H36N2O6S/c1-41(38,39)29-16-9-8-15-27(29)30(35)33-19-10-20-34-21-17-24(18-22-34)28(23-34)40-31(36)32(37,25-11-4-2-5-12-25)26-13-6-3-7-14-26/h2-9,11-16,24,28,37H,10,17-23H2,1H3/p+1. The van der Waals surface area contributed by atoms with Crippen LogP contribution in [0.25, 0.3) is 0 Å². The van der Waals surface area contributed by atoms with E-state index in [-0.39, 0.29) is 22.5 Å². The van der Waals surface area contributed by atoms with Crippen molar-refractivity contribution in [2.24, 2.45) is 5.92 Å². The zero-order valence-electron chi connectivity index (χ0n) is 23.2. The van der Waals surface area contributed by atoms with Gasteiger partial charge in [0.05, 0.1) is 30.1 Å². The summed E-state index contributed by atoms with van der Waals surface area (Å²) in [6.45, 7) is 3.83. The molecule has 3 aromatic rings. The van der Waals surface area contributed by atoms with Crippen LogP contribution in [0.3, 0.4) is 0 Å². The number of nitrogens with zero attached hydrogens (tertiary/aromatic N) is 1. The summed E-state index contributed by atoms with van der Waals surface area (Å²) >= 11 is 0. The number of sulfone groups is 1. The van der Waals surface area contributed by atoms with E-state index < -0.39 is 27.3 Å². The lowest BCUT2D eigenvalue weighted by atomic mass is 9.82. The number of piperidine rings is 3. The van der Waals surface area contributed by atoms with Gasteiger partial charge >= 0.3 is 5.97 Å². The molecular weight excluding hydrogens is 540 g/mol. The summed E-state index contributed by atoms with van der Waals surface area (Å²) in [6.07, 6.45) is 3.36. The second-order valence-corrected chi connectivity index (χ2v) is 13.3. The molecule has 0 aliphatic carbocycles. The number of ether oxygens (including phenoxy) is 1. The molecule has 41 heavy (non-hydrogen) atoms. The van der Waals surface area contributed by atoms with E-state index in [1.807, 2.05) is 12.1 Å². The Kier molecular flexibility index (Phi) is 8.31. The van der Waals surface area contributed by atoms with E-state index in [9.17, 15) is 23.1 Å². The van der Waals surface area contributed by atoms with Gasteiger partial charge in [-0.25, -0.2) is 13.2 Å². The van der Waals surface area contributed by atoms with E-state index in [2.05, 4.69) is 5.32 Å². The largest absolute Gasteiger partial charge is 0.453 e. The number of benzene rings is 3. The van der Waals surface area contributed by atoms with Gasteiger partial charge in [0.15, 0.2) is 15.9 Å². The van der Waals surface area contributed by atoms with Gasteiger partial charge in [-0.2, -0.15) is 0 Å². The molecule has 216 valence electrons. The number of rotatable bonds is 10. The number of hydrogen-bond acceptors (Lipinski definition) is 6. The topological polar surface area (TPSA) is 110 Å². The summed E-state index contributed by atoms with van der Waals surface area (Å²) in [4.78, 5) is 26.5. The van der Waals surface area contributed by atoms with Crippen LogP contribution in [0, 0.1) is 5.92 Å². The second kappa shape index (κ2) is 11.8. The third kappa shape index (κ3) is 6.07. The number of carbonyl (C=O) groups excluding carboxylic acids is 2. The van der Waals surface area contributed by atoms with Gasteiger partial charge in [-0.3, -0.25) is 4.79 Å². The van der Waals surface area contributed by atoms with Crippen LogP contribution in [0.2, 0.25) is 0 Å². The Morgan fingerprint density at radius 2 is 1.49 bits per heavy atom. The SMILES string of the molecule is CS(=O)(=O)c1ccccc1C(=O)NCCC[N+]12CCC(CC1)C(OC(=O)C(O)(c1ccccc1)c1ccccc1)C2. The minimum Gasteiger partial charge on any atom is -0.453 e. The van der Waals surface area contributed by atoms with Crippen LogP contribution in [0.5, 0.6) is 0 Å². The van der Waals surface area contributed by atoms with Crippen molar-refractivity contribution in [1.29, 1.82) is 0 Å². The number of carbonyl (C=O) groups is 2. The van der Waals surface area contributed by atoms with Gasteiger partial charge < -0.3 is 19.6 Å². The maximum atomic E-state index is 13.7. The molecular formula is C32H37N2O6S+. The summed E-state index contributed by atoms with van der Waals surface area (Å²) in [6, 6.07) is 24.0. The maximum Gasteiger partial charge on any atom is 0.348 e. The Balaban J connectivity index is 1.23. The van der Waals surface area contributed by atoms with Gasteiger partial charge in [0.25, 0.3) is 5.91 Å². The Morgan fingerprint density at radius 1 is 0.927 bits per heavy atom. The van der Waals surface area contributed by atoms with Gasteiger partial charge in [-0.05, 0) is 23.3 Å². The second-order valence-electron chi connectivity index (χ2n) is 11.3. The first-order valence-corrected chi connectivity index (χ1v) is 16.0. The molecule has 3 aliphatic rings. The predicted octanol–water partition coefficient (Wildman–Crippen LogP) is 3.30. The summed E-state index contributed by atoms with van der Waals surface area (Å²) < 4.78 is 31.1. The number of hydrogen-bond donors (Lipinski definition) is 2.